The van der Waals surface area contributed by atoms with Crippen molar-refractivity contribution >= 4 is 11.8 Å². The Hall–Kier alpha value is -3.55. The van der Waals surface area contributed by atoms with E-state index in [0.29, 0.717) is 31.6 Å². The first-order valence-corrected chi connectivity index (χ1v) is 12.9. The zero-order chi connectivity index (χ0) is 26.0. The van der Waals surface area contributed by atoms with Gasteiger partial charge in [-0.25, -0.2) is 4.39 Å². The molecular formula is C30H35FN4O2. The lowest BCUT2D eigenvalue weighted by molar-refractivity contribution is -0.127. The van der Waals surface area contributed by atoms with Gasteiger partial charge in [0.25, 0.3) is 5.91 Å². The Balaban J connectivity index is 1.55. The average Bonchev–Trinajstić information content (AvgIpc) is 2.95. The Labute approximate surface area is 218 Å². The molecule has 1 unspecified atom stereocenters. The van der Waals surface area contributed by atoms with Crippen LogP contribution >= 0.6 is 0 Å². The van der Waals surface area contributed by atoms with Crippen LogP contribution in [0.2, 0.25) is 0 Å². The number of nitrogens with zero attached hydrogens (tertiary/aromatic N) is 2. The minimum absolute atomic E-state index is 0.120. The predicted octanol–water partition coefficient (Wildman–Crippen LogP) is 3.62. The van der Waals surface area contributed by atoms with Gasteiger partial charge in [0, 0.05) is 44.3 Å². The molecule has 0 bridgehead atoms. The topological polar surface area (TPSA) is 78.7 Å². The Kier molecular flexibility index (Phi) is 9.40. The van der Waals surface area contributed by atoms with E-state index in [0.717, 1.165) is 25.9 Å². The normalized spacial score (nSPS) is 17.5. The molecule has 0 aromatic heterocycles. The maximum Gasteiger partial charge on any atom is 0.254 e. The lowest BCUT2D eigenvalue weighted by Gasteiger charge is -2.43. The van der Waals surface area contributed by atoms with Gasteiger partial charge in [-0.3, -0.25) is 14.5 Å². The van der Waals surface area contributed by atoms with E-state index in [1.54, 1.807) is 4.90 Å². The van der Waals surface area contributed by atoms with Gasteiger partial charge in [-0.05, 0) is 54.7 Å². The first-order valence-electron chi connectivity index (χ1n) is 12.9. The molecule has 6 nitrogen and oxygen atoms in total. The number of carbonyl (C=O) groups is 2. The quantitative estimate of drug-likeness (QED) is 0.444. The standard InChI is InChI=1S/C30H35FN4O2/c31-26-13-11-25(12-14-26)30(37)35-20-16-27(21-28(35)29(36)33-18-17-32)34(22-24-9-5-2-6-10-24)19-15-23-7-3-1-4-8-23/h1-14,27-28H,15-22,32H2,(H,33,36)/t27?,28-/m1/s1. The highest BCUT2D eigenvalue weighted by atomic mass is 19.1. The molecule has 0 spiro atoms. The summed E-state index contributed by atoms with van der Waals surface area (Å²) in [5.41, 5.74) is 8.48. The van der Waals surface area contributed by atoms with Crippen molar-refractivity contribution in [1.82, 2.24) is 15.1 Å². The van der Waals surface area contributed by atoms with E-state index in [-0.39, 0.29) is 17.9 Å². The van der Waals surface area contributed by atoms with E-state index >= 15 is 0 Å². The van der Waals surface area contributed by atoms with Crippen LogP contribution in [0.1, 0.15) is 34.3 Å². The molecule has 1 aliphatic heterocycles. The van der Waals surface area contributed by atoms with Gasteiger partial charge >= 0.3 is 0 Å². The molecule has 3 aromatic rings. The fourth-order valence-corrected chi connectivity index (χ4v) is 4.97. The Morgan fingerprint density at radius 2 is 1.59 bits per heavy atom. The summed E-state index contributed by atoms with van der Waals surface area (Å²) < 4.78 is 13.4. The van der Waals surface area contributed by atoms with Crippen LogP contribution in [0.25, 0.3) is 0 Å². The molecular weight excluding hydrogens is 467 g/mol. The van der Waals surface area contributed by atoms with Crippen molar-refractivity contribution in [3.63, 3.8) is 0 Å². The number of amides is 2. The van der Waals surface area contributed by atoms with E-state index in [2.05, 4.69) is 34.5 Å². The number of hydrogen-bond acceptors (Lipinski definition) is 4. The summed E-state index contributed by atoms with van der Waals surface area (Å²) in [6, 6.07) is 25.7. The fraction of sp³-hybridized carbons (Fsp3) is 0.333. The lowest BCUT2D eigenvalue weighted by atomic mass is 9.93. The molecule has 0 aliphatic carbocycles. The summed E-state index contributed by atoms with van der Waals surface area (Å²) in [5, 5.41) is 2.88. The number of nitrogens with two attached hydrogens (primary N) is 1. The maximum absolute atomic E-state index is 13.4. The third kappa shape index (κ3) is 7.24. The monoisotopic (exact) mass is 502 g/mol. The van der Waals surface area contributed by atoms with Gasteiger partial charge in [0.05, 0.1) is 0 Å². The SMILES string of the molecule is NCCNC(=O)[C@H]1CC(N(CCc2ccccc2)Cc2ccccc2)CCN1C(=O)c1ccc(F)cc1. The van der Waals surface area contributed by atoms with Crippen molar-refractivity contribution in [1.29, 1.82) is 0 Å². The van der Waals surface area contributed by atoms with Crippen molar-refractivity contribution in [2.24, 2.45) is 5.73 Å². The van der Waals surface area contributed by atoms with E-state index in [4.69, 9.17) is 5.73 Å². The highest BCUT2D eigenvalue weighted by molar-refractivity contribution is 5.97. The minimum Gasteiger partial charge on any atom is -0.353 e. The van der Waals surface area contributed by atoms with Crippen LogP contribution in [0.5, 0.6) is 0 Å². The summed E-state index contributed by atoms with van der Waals surface area (Å²) in [6.45, 7) is 2.72. The smallest absolute Gasteiger partial charge is 0.254 e. The number of nitrogens with one attached hydrogen (secondary N) is 1. The number of carbonyl (C=O) groups excluding carboxylic acids is 2. The second-order valence-electron chi connectivity index (χ2n) is 9.47. The van der Waals surface area contributed by atoms with Crippen LogP contribution < -0.4 is 11.1 Å². The van der Waals surface area contributed by atoms with Crippen molar-refractivity contribution in [2.45, 2.75) is 37.9 Å². The fourth-order valence-electron chi connectivity index (χ4n) is 4.97. The molecule has 7 heteroatoms. The van der Waals surface area contributed by atoms with Gasteiger partial charge in [-0.1, -0.05) is 60.7 Å². The van der Waals surface area contributed by atoms with E-state index in [9.17, 15) is 14.0 Å². The van der Waals surface area contributed by atoms with Crippen molar-refractivity contribution in [2.75, 3.05) is 26.2 Å². The number of halogens is 1. The molecule has 37 heavy (non-hydrogen) atoms. The molecule has 0 radical (unpaired) electrons. The molecule has 1 heterocycles. The van der Waals surface area contributed by atoms with Gasteiger partial charge in [0.1, 0.15) is 11.9 Å². The van der Waals surface area contributed by atoms with Crippen LogP contribution in [0, 0.1) is 5.82 Å². The maximum atomic E-state index is 13.4. The highest BCUT2D eigenvalue weighted by Crippen LogP contribution is 2.26. The number of rotatable bonds is 10. The van der Waals surface area contributed by atoms with Gasteiger partial charge in [-0.15, -0.1) is 0 Å². The molecule has 194 valence electrons. The summed E-state index contributed by atoms with van der Waals surface area (Å²) in [6.07, 6.45) is 2.16. The van der Waals surface area contributed by atoms with Gasteiger partial charge in [-0.2, -0.15) is 0 Å². The third-order valence-corrected chi connectivity index (χ3v) is 6.95. The summed E-state index contributed by atoms with van der Waals surface area (Å²) in [4.78, 5) is 30.7. The minimum atomic E-state index is -0.627. The zero-order valence-corrected chi connectivity index (χ0v) is 21.1. The van der Waals surface area contributed by atoms with Gasteiger partial charge in [0.15, 0.2) is 0 Å². The molecule has 1 fully saturated rings. The van der Waals surface area contributed by atoms with Gasteiger partial charge < -0.3 is 16.0 Å². The van der Waals surface area contributed by atoms with Crippen LogP contribution in [0.15, 0.2) is 84.9 Å². The molecule has 3 aromatic carbocycles. The Morgan fingerprint density at radius 1 is 0.946 bits per heavy atom. The van der Waals surface area contributed by atoms with E-state index < -0.39 is 11.9 Å². The molecule has 1 saturated heterocycles. The first kappa shape index (κ1) is 26.5. The summed E-state index contributed by atoms with van der Waals surface area (Å²) in [7, 11) is 0. The Bertz CT molecular complexity index is 1140. The van der Waals surface area contributed by atoms with Crippen molar-refractivity contribution in [3.05, 3.63) is 107 Å². The number of likely N-dealkylation sites (tertiary alicyclic amines) is 1. The van der Waals surface area contributed by atoms with Crippen LogP contribution in [-0.2, 0) is 17.8 Å². The second-order valence-corrected chi connectivity index (χ2v) is 9.47. The molecule has 2 atom stereocenters. The van der Waals surface area contributed by atoms with E-state index in [1.165, 1.54) is 35.4 Å². The molecule has 1 aliphatic rings. The largest absolute Gasteiger partial charge is 0.353 e. The number of hydrogen-bond donors (Lipinski definition) is 2. The Morgan fingerprint density at radius 3 is 2.24 bits per heavy atom. The van der Waals surface area contributed by atoms with Crippen molar-refractivity contribution < 1.29 is 14.0 Å². The number of benzene rings is 3. The van der Waals surface area contributed by atoms with E-state index in [1.807, 2.05) is 36.4 Å². The summed E-state index contributed by atoms with van der Waals surface area (Å²) >= 11 is 0. The third-order valence-electron chi connectivity index (χ3n) is 6.95. The lowest BCUT2D eigenvalue weighted by Crippen LogP contribution is -2.57. The number of piperidine rings is 1. The second kappa shape index (κ2) is 13.1. The van der Waals surface area contributed by atoms with Crippen LogP contribution in [0.3, 0.4) is 0 Å². The first-order chi connectivity index (χ1) is 18.0. The van der Waals surface area contributed by atoms with Crippen LogP contribution in [0.4, 0.5) is 4.39 Å². The average molecular weight is 503 g/mol. The van der Waals surface area contributed by atoms with Crippen LogP contribution in [-0.4, -0.2) is 59.9 Å². The molecule has 4 rings (SSSR count). The molecule has 2 amide bonds. The predicted molar refractivity (Wildman–Crippen MR) is 143 cm³/mol. The highest BCUT2D eigenvalue weighted by Gasteiger charge is 2.38. The summed E-state index contributed by atoms with van der Waals surface area (Å²) in [5.74, 6) is -0.860. The zero-order valence-electron chi connectivity index (χ0n) is 21.1. The van der Waals surface area contributed by atoms with Gasteiger partial charge in [0.2, 0.25) is 5.91 Å². The van der Waals surface area contributed by atoms with Crippen molar-refractivity contribution in [3.8, 4) is 0 Å². The molecule has 0 saturated carbocycles. The molecule has 3 N–H and O–H groups in total.